The Hall–Kier alpha value is -3.37. The molecule has 0 aliphatic heterocycles. The number of pyridine rings is 1. The zero-order valence-electron chi connectivity index (χ0n) is 13.3. The molecule has 0 aliphatic rings. The predicted octanol–water partition coefficient (Wildman–Crippen LogP) is 1.60. The first-order chi connectivity index (χ1) is 12.5. The van der Waals surface area contributed by atoms with Crippen molar-refractivity contribution in [3.63, 3.8) is 0 Å². The van der Waals surface area contributed by atoms with E-state index in [0.717, 1.165) is 5.39 Å². The fourth-order valence-electron chi connectivity index (χ4n) is 2.41. The molecule has 0 unspecified atom stereocenters. The number of nitrogens with one attached hydrogen (secondary N) is 1. The van der Waals surface area contributed by atoms with Crippen LogP contribution in [0, 0.1) is 0 Å². The second-order valence-corrected chi connectivity index (χ2v) is 6.97. The van der Waals surface area contributed by atoms with Crippen molar-refractivity contribution in [1.82, 2.24) is 24.7 Å². The lowest BCUT2D eigenvalue weighted by molar-refractivity contribution is 0.598. The molecule has 10 heteroatoms. The maximum Gasteiger partial charge on any atom is 0.238 e. The zero-order chi connectivity index (χ0) is 18.1. The standard InChI is InChI=1S/C16H13N7O2S/c17-26(24,25)13-5-3-12(4-6-13)21-16-19-9-7-14(22-16)23-15-11(10-20-23)2-1-8-18-15/h1-10H,(H2,17,24,25)(H,19,21,22). The SMILES string of the molecule is NS(=O)(=O)c1ccc(Nc2nccc(-n3ncc4cccnc43)n2)cc1. The molecule has 0 atom stereocenters. The van der Waals surface area contributed by atoms with Crippen LogP contribution in [0.4, 0.5) is 11.6 Å². The summed E-state index contributed by atoms with van der Waals surface area (Å²) in [6.45, 7) is 0. The molecule has 3 heterocycles. The number of hydrogen-bond acceptors (Lipinski definition) is 7. The summed E-state index contributed by atoms with van der Waals surface area (Å²) in [5.41, 5.74) is 1.31. The van der Waals surface area contributed by atoms with Gasteiger partial charge in [-0.2, -0.15) is 14.8 Å². The number of nitrogens with two attached hydrogens (primary N) is 1. The molecule has 4 aromatic rings. The summed E-state index contributed by atoms with van der Waals surface area (Å²) in [5.74, 6) is 0.891. The molecule has 4 rings (SSSR count). The molecule has 130 valence electrons. The Balaban J connectivity index is 1.64. The highest BCUT2D eigenvalue weighted by atomic mass is 32.2. The van der Waals surface area contributed by atoms with E-state index in [2.05, 4.69) is 25.4 Å². The van der Waals surface area contributed by atoms with Gasteiger partial charge < -0.3 is 5.32 Å². The summed E-state index contributed by atoms with van der Waals surface area (Å²) in [4.78, 5) is 12.9. The Bertz CT molecular complexity index is 1190. The lowest BCUT2D eigenvalue weighted by Crippen LogP contribution is -2.11. The number of nitrogens with zero attached hydrogens (tertiary/aromatic N) is 5. The number of anilines is 2. The van der Waals surface area contributed by atoms with Crippen molar-refractivity contribution in [2.24, 2.45) is 5.14 Å². The number of primary sulfonamides is 1. The quantitative estimate of drug-likeness (QED) is 0.560. The highest BCUT2D eigenvalue weighted by Crippen LogP contribution is 2.18. The van der Waals surface area contributed by atoms with Crippen LogP contribution in [0.2, 0.25) is 0 Å². The van der Waals surface area contributed by atoms with Crippen LogP contribution in [0.1, 0.15) is 0 Å². The molecule has 3 N–H and O–H groups in total. The monoisotopic (exact) mass is 367 g/mol. The molecule has 3 aromatic heterocycles. The third-order valence-corrected chi connectivity index (χ3v) is 4.56. The van der Waals surface area contributed by atoms with Gasteiger partial charge in [0.2, 0.25) is 16.0 Å². The Morgan fingerprint density at radius 3 is 2.58 bits per heavy atom. The third-order valence-electron chi connectivity index (χ3n) is 3.63. The molecule has 1 aromatic carbocycles. The average molecular weight is 367 g/mol. The van der Waals surface area contributed by atoms with Crippen molar-refractivity contribution < 1.29 is 8.42 Å². The Labute approximate surface area is 148 Å². The van der Waals surface area contributed by atoms with Crippen LogP contribution >= 0.6 is 0 Å². The maximum atomic E-state index is 11.3. The van der Waals surface area contributed by atoms with Crippen molar-refractivity contribution in [2.75, 3.05) is 5.32 Å². The van der Waals surface area contributed by atoms with E-state index in [9.17, 15) is 8.42 Å². The van der Waals surface area contributed by atoms with E-state index < -0.39 is 10.0 Å². The largest absolute Gasteiger partial charge is 0.324 e. The van der Waals surface area contributed by atoms with Crippen LogP contribution in [-0.4, -0.2) is 33.2 Å². The number of rotatable bonds is 4. The molecule has 0 fully saturated rings. The van der Waals surface area contributed by atoms with Crippen molar-refractivity contribution in [3.8, 4) is 5.82 Å². The van der Waals surface area contributed by atoms with Crippen LogP contribution < -0.4 is 10.5 Å². The molecule has 0 bridgehead atoms. The average Bonchev–Trinajstić information content (AvgIpc) is 3.06. The maximum absolute atomic E-state index is 11.3. The predicted molar refractivity (Wildman–Crippen MR) is 95.6 cm³/mol. The van der Waals surface area contributed by atoms with E-state index in [1.165, 1.54) is 12.1 Å². The van der Waals surface area contributed by atoms with E-state index in [-0.39, 0.29) is 4.90 Å². The molecular weight excluding hydrogens is 354 g/mol. The van der Waals surface area contributed by atoms with Gasteiger partial charge in [0.15, 0.2) is 11.5 Å². The number of fused-ring (bicyclic) bond motifs is 1. The Morgan fingerprint density at radius 1 is 1.00 bits per heavy atom. The van der Waals surface area contributed by atoms with Crippen LogP contribution in [0.3, 0.4) is 0 Å². The molecule has 0 aliphatic carbocycles. The van der Waals surface area contributed by atoms with E-state index in [0.29, 0.717) is 23.1 Å². The van der Waals surface area contributed by atoms with Gasteiger partial charge in [0.25, 0.3) is 0 Å². The summed E-state index contributed by atoms with van der Waals surface area (Å²) in [6, 6.07) is 11.5. The van der Waals surface area contributed by atoms with Crippen molar-refractivity contribution in [1.29, 1.82) is 0 Å². The third kappa shape index (κ3) is 3.10. The summed E-state index contributed by atoms with van der Waals surface area (Å²) < 4.78 is 24.2. The molecule has 0 radical (unpaired) electrons. The van der Waals surface area contributed by atoms with Crippen molar-refractivity contribution in [3.05, 3.63) is 61.1 Å². The Morgan fingerprint density at radius 2 is 1.81 bits per heavy atom. The lowest BCUT2D eigenvalue weighted by atomic mass is 10.3. The summed E-state index contributed by atoms with van der Waals surface area (Å²) in [5, 5.41) is 13.3. The fourth-order valence-corrected chi connectivity index (χ4v) is 2.93. The van der Waals surface area contributed by atoms with Gasteiger partial charge in [0.1, 0.15) is 0 Å². The van der Waals surface area contributed by atoms with Gasteiger partial charge in [-0.25, -0.2) is 23.5 Å². The second kappa shape index (κ2) is 6.17. The lowest BCUT2D eigenvalue weighted by Gasteiger charge is -2.07. The molecular formula is C16H13N7O2S. The van der Waals surface area contributed by atoms with Gasteiger partial charge in [-0.05, 0) is 36.4 Å². The van der Waals surface area contributed by atoms with Crippen LogP contribution in [-0.2, 0) is 10.0 Å². The first kappa shape index (κ1) is 16.1. The number of sulfonamides is 1. The minimum atomic E-state index is -3.73. The first-order valence-electron chi connectivity index (χ1n) is 7.53. The minimum Gasteiger partial charge on any atom is -0.324 e. The van der Waals surface area contributed by atoms with E-state index >= 15 is 0 Å². The summed E-state index contributed by atoms with van der Waals surface area (Å²) in [7, 11) is -3.73. The summed E-state index contributed by atoms with van der Waals surface area (Å²) in [6.07, 6.45) is 5.00. The van der Waals surface area contributed by atoms with E-state index in [1.807, 2.05) is 12.1 Å². The molecule has 26 heavy (non-hydrogen) atoms. The van der Waals surface area contributed by atoms with Gasteiger partial charge >= 0.3 is 0 Å². The normalized spacial score (nSPS) is 11.6. The van der Waals surface area contributed by atoms with E-state index in [1.54, 1.807) is 41.5 Å². The van der Waals surface area contributed by atoms with E-state index in [4.69, 9.17) is 5.14 Å². The zero-order valence-corrected chi connectivity index (χ0v) is 14.1. The topological polar surface area (TPSA) is 129 Å². The molecule has 0 saturated heterocycles. The van der Waals surface area contributed by atoms with Gasteiger partial charge in [-0.15, -0.1) is 0 Å². The molecule has 0 saturated carbocycles. The van der Waals surface area contributed by atoms with Gasteiger partial charge in [-0.1, -0.05) is 0 Å². The number of benzene rings is 1. The highest BCUT2D eigenvalue weighted by molar-refractivity contribution is 7.89. The first-order valence-corrected chi connectivity index (χ1v) is 9.07. The van der Waals surface area contributed by atoms with Gasteiger partial charge in [0, 0.05) is 29.5 Å². The fraction of sp³-hybridized carbons (Fsp3) is 0. The minimum absolute atomic E-state index is 0.0341. The van der Waals surface area contributed by atoms with Crippen molar-refractivity contribution in [2.45, 2.75) is 4.90 Å². The molecule has 0 amide bonds. The smallest absolute Gasteiger partial charge is 0.238 e. The second-order valence-electron chi connectivity index (χ2n) is 5.41. The van der Waals surface area contributed by atoms with Crippen LogP contribution in [0.15, 0.2) is 66.0 Å². The number of aromatic nitrogens is 5. The Kier molecular flexibility index (Phi) is 3.82. The summed E-state index contributed by atoms with van der Waals surface area (Å²) >= 11 is 0. The van der Waals surface area contributed by atoms with Crippen LogP contribution in [0.25, 0.3) is 16.9 Å². The molecule has 0 spiro atoms. The molecule has 9 nitrogen and oxygen atoms in total. The van der Waals surface area contributed by atoms with Crippen molar-refractivity contribution >= 4 is 32.7 Å². The highest BCUT2D eigenvalue weighted by Gasteiger charge is 2.09. The van der Waals surface area contributed by atoms with Crippen LogP contribution in [0.5, 0.6) is 0 Å². The van der Waals surface area contributed by atoms with Gasteiger partial charge in [-0.3, -0.25) is 0 Å². The van der Waals surface area contributed by atoms with Gasteiger partial charge in [0.05, 0.1) is 11.1 Å². The number of hydrogen-bond donors (Lipinski definition) is 2.